The standard InChI is InChI=1S/C16H20Cl2N2O2/c1-15(2)6-10-7-16(3,8-15)9-19(10)14-12(20(21)22)5-4-11(17)13(14)18/h4-5,10H,6-9H2,1-3H3/t10-,16-/m1/s1. The summed E-state index contributed by atoms with van der Waals surface area (Å²) in [5, 5.41) is 12.1. The molecule has 1 aromatic carbocycles. The Morgan fingerprint density at radius 2 is 1.95 bits per heavy atom. The van der Waals surface area contributed by atoms with Crippen LogP contribution in [-0.2, 0) is 0 Å². The third kappa shape index (κ3) is 2.56. The second-order valence-corrected chi connectivity index (χ2v) is 8.61. The molecule has 0 aromatic heterocycles. The summed E-state index contributed by atoms with van der Waals surface area (Å²) in [5.74, 6) is 0. The number of nitro groups is 1. The molecule has 1 aromatic rings. The second-order valence-electron chi connectivity index (χ2n) is 7.83. The van der Waals surface area contributed by atoms with Crippen molar-refractivity contribution < 1.29 is 4.92 Å². The fourth-order valence-electron chi connectivity index (χ4n) is 4.67. The highest BCUT2D eigenvalue weighted by Gasteiger charge is 2.51. The lowest BCUT2D eigenvalue weighted by molar-refractivity contribution is -0.384. The highest BCUT2D eigenvalue weighted by molar-refractivity contribution is 6.44. The van der Waals surface area contributed by atoms with Gasteiger partial charge in [0.15, 0.2) is 0 Å². The summed E-state index contributed by atoms with van der Waals surface area (Å²) in [6.07, 6.45) is 3.19. The van der Waals surface area contributed by atoms with Crippen molar-refractivity contribution in [2.75, 3.05) is 11.4 Å². The van der Waals surface area contributed by atoms with Gasteiger partial charge in [0.05, 0.1) is 15.0 Å². The van der Waals surface area contributed by atoms with Crippen LogP contribution in [0.15, 0.2) is 12.1 Å². The molecule has 2 aliphatic rings. The molecule has 0 amide bonds. The van der Waals surface area contributed by atoms with Gasteiger partial charge >= 0.3 is 0 Å². The van der Waals surface area contributed by atoms with E-state index in [0.717, 1.165) is 25.8 Å². The van der Waals surface area contributed by atoms with Crippen molar-refractivity contribution >= 4 is 34.6 Å². The molecule has 1 saturated heterocycles. The summed E-state index contributed by atoms with van der Waals surface area (Å²) in [7, 11) is 0. The number of halogens is 2. The molecule has 1 aliphatic carbocycles. The Labute approximate surface area is 140 Å². The molecule has 0 spiro atoms. The van der Waals surface area contributed by atoms with Gasteiger partial charge in [0.2, 0.25) is 0 Å². The topological polar surface area (TPSA) is 46.4 Å². The van der Waals surface area contributed by atoms with Crippen molar-refractivity contribution in [3.8, 4) is 0 Å². The number of rotatable bonds is 2. The quantitative estimate of drug-likeness (QED) is 0.540. The molecule has 4 nitrogen and oxygen atoms in total. The zero-order valence-electron chi connectivity index (χ0n) is 13.0. The van der Waals surface area contributed by atoms with Crippen LogP contribution in [0.2, 0.25) is 10.0 Å². The van der Waals surface area contributed by atoms with Crippen molar-refractivity contribution in [2.24, 2.45) is 10.8 Å². The number of nitrogens with zero attached hydrogens (tertiary/aromatic N) is 2. The fraction of sp³-hybridized carbons (Fsp3) is 0.625. The average molecular weight is 343 g/mol. The molecule has 22 heavy (non-hydrogen) atoms. The van der Waals surface area contributed by atoms with Crippen LogP contribution in [-0.4, -0.2) is 17.5 Å². The lowest BCUT2D eigenvalue weighted by atomic mass is 9.65. The Kier molecular flexibility index (Phi) is 3.61. The fourth-order valence-corrected chi connectivity index (χ4v) is 5.09. The molecular formula is C16H20Cl2N2O2. The van der Waals surface area contributed by atoms with Gasteiger partial charge in [-0.2, -0.15) is 0 Å². The molecule has 6 heteroatoms. The van der Waals surface area contributed by atoms with E-state index in [1.165, 1.54) is 12.1 Å². The lowest BCUT2D eigenvalue weighted by Gasteiger charge is -2.39. The van der Waals surface area contributed by atoms with Crippen LogP contribution in [0.5, 0.6) is 0 Å². The second kappa shape index (κ2) is 5.00. The van der Waals surface area contributed by atoms with E-state index < -0.39 is 0 Å². The first kappa shape index (κ1) is 15.9. The van der Waals surface area contributed by atoms with Crippen LogP contribution < -0.4 is 4.90 Å². The molecule has 2 bridgehead atoms. The van der Waals surface area contributed by atoms with E-state index in [1.54, 1.807) is 0 Å². The molecule has 0 unspecified atom stereocenters. The van der Waals surface area contributed by atoms with Crippen LogP contribution in [0, 0.1) is 20.9 Å². The molecule has 1 heterocycles. The highest BCUT2D eigenvalue weighted by Crippen LogP contribution is 2.55. The summed E-state index contributed by atoms with van der Waals surface area (Å²) in [4.78, 5) is 13.2. The number of fused-ring (bicyclic) bond motifs is 2. The third-order valence-corrected chi connectivity index (χ3v) is 5.74. The minimum Gasteiger partial charge on any atom is -0.361 e. The minimum absolute atomic E-state index is 0.0448. The van der Waals surface area contributed by atoms with Gasteiger partial charge in [-0.05, 0) is 36.2 Å². The van der Waals surface area contributed by atoms with Crippen molar-refractivity contribution in [1.82, 2.24) is 0 Å². The normalized spacial score (nSPS) is 29.7. The zero-order chi connectivity index (χ0) is 16.3. The Hall–Kier alpha value is -1.000. The highest BCUT2D eigenvalue weighted by atomic mass is 35.5. The molecule has 0 radical (unpaired) electrons. The van der Waals surface area contributed by atoms with Gasteiger partial charge in [0, 0.05) is 18.7 Å². The predicted octanol–water partition coefficient (Wildman–Crippen LogP) is 5.31. The monoisotopic (exact) mass is 342 g/mol. The van der Waals surface area contributed by atoms with Crippen molar-refractivity contribution in [3.05, 3.63) is 32.3 Å². The van der Waals surface area contributed by atoms with Crippen LogP contribution >= 0.6 is 23.2 Å². The molecule has 2 atom stereocenters. The number of anilines is 1. The number of benzene rings is 1. The van der Waals surface area contributed by atoms with E-state index in [0.29, 0.717) is 15.7 Å². The summed E-state index contributed by atoms with van der Waals surface area (Å²) in [6, 6.07) is 3.24. The van der Waals surface area contributed by atoms with E-state index >= 15 is 0 Å². The lowest BCUT2D eigenvalue weighted by Crippen LogP contribution is -2.35. The van der Waals surface area contributed by atoms with Crippen LogP contribution in [0.3, 0.4) is 0 Å². The van der Waals surface area contributed by atoms with Gasteiger partial charge in [-0.25, -0.2) is 0 Å². The van der Waals surface area contributed by atoms with Gasteiger partial charge in [-0.1, -0.05) is 44.0 Å². The van der Waals surface area contributed by atoms with Crippen molar-refractivity contribution in [3.63, 3.8) is 0 Å². The van der Waals surface area contributed by atoms with E-state index in [2.05, 4.69) is 25.7 Å². The smallest absolute Gasteiger partial charge is 0.294 e. The van der Waals surface area contributed by atoms with Crippen LogP contribution in [0.1, 0.15) is 40.0 Å². The van der Waals surface area contributed by atoms with Gasteiger partial charge in [-0.15, -0.1) is 0 Å². The largest absolute Gasteiger partial charge is 0.361 e. The molecule has 1 aliphatic heterocycles. The van der Waals surface area contributed by atoms with E-state index in [1.807, 2.05) is 0 Å². The van der Waals surface area contributed by atoms with E-state index in [-0.39, 0.29) is 27.5 Å². The Morgan fingerprint density at radius 3 is 2.59 bits per heavy atom. The maximum Gasteiger partial charge on any atom is 0.294 e. The van der Waals surface area contributed by atoms with Gasteiger partial charge in [0.25, 0.3) is 5.69 Å². The Morgan fingerprint density at radius 1 is 1.27 bits per heavy atom. The first-order valence-electron chi connectivity index (χ1n) is 7.51. The van der Waals surface area contributed by atoms with Crippen LogP contribution in [0.25, 0.3) is 0 Å². The predicted molar refractivity (Wildman–Crippen MR) is 90.0 cm³/mol. The molecular weight excluding hydrogens is 323 g/mol. The zero-order valence-corrected chi connectivity index (χ0v) is 14.5. The average Bonchev–Trinajstić information content (AvgIpc) is 2.61. The molecule has 120 valence electrons. The van der Waals surface area contributed by atoms with Crippen molar-refractivity contribution in [2.45, 2.75) is 46.1 Å². The number of nitro benzene ring substituents is 1. The minimum atomic E-state index is -0.368. The summed E-state index contributed by atoms with van der Waals surface area (Å²) >= 11 is 12.5. The summed E-state index contributed by atoms with van der Waals surface area (Å²) in [6.45, 7) is 7.61. The van der Waals surface area contributed by atoms with Gasteiger partial charge < -0.3 is 4.90 Å². The first-order chi connectivity index (χ1) is 10.1. The maximum absolute atomic E-state index is 11.4. The molecule has 3 rings (SSSR count). The van der Waals surface area contributed by atoms with E-state index in [9.17, 15) is 10.1 Å². The summed E-state index contributed by atoms with van der Waals surface area (Å²) in [5.41, 5.74) is 0.951. The van der Waals surface area contributed by atoms with E-state index in [4.69, 9.17) is 23.2 Å². The molecule has 1 saturated carbocycles. The molecule has 2 fully saturated rings. The number of hydrogen-bond donors (Lipinski definition) is 0. The first-order valence-corrected chi connectivity index (χ1v) is 8.27. The van der Waals surface area contributed by atoms with Gasteiger partial charge in [0.1, 0.15) is 5.69 Å². The SMILES string of the molecule is CC1(C)C[C@@H]2C[C@@](C)(CN2c2c([N+](=O)[O-])ccc(Cl)c2Cl)C1. The third-order valence-electron chi connectivity index (χ3n) is 4.95. The summed E-state index contributed by atoms with van der Waals surface area (Å²) < 4.78 is 0. The van der Waals surface area contributed by atoms with Crippen molar-refractivity contribution in [1.29, 1.82) is 0 Å². The Balaban J connectivity index is 2.09. The molecule has 0 N–H and O–H groups in total. The number of hydrogen-bond acceptors (Lipinski definition) is 3. The van der Waals surface area contributed by atoms with Crippen LogP contribution in [0.4, 0.5) is 11.4 Å². The maximum atomic E-state index is 11.4. The Bertz CT molecular complexity index is 647. The van der Waals surface area contributed by atoms with Gasteiger partial charge in [-0.3, -0.25) is 10.1 Å².